The van der Waals surface area contributed by atoms with Crippen LogP contribution in [0.4, 0.5) is 4.39 Å². The van der Waals surface area contributed by atoms with E-state index in [-0.39, 0.29) is 16.2 Å². The third kappa shape index (κ3) is 3.38. The molecule has 19 heavy (non-hydrogen) atoms. The predicted octanol–water partition coefficient (Wildman–Crippen LogP) is 3.26. The van der Waals surface area contributed by atoms with Gasteiger partial charge in [-0.05, 0) is 51.8 Å². The molecule has 2 rings (SSSR count). The van der Waals surface area contributed by atoms with E-state index in [0.29, 0.717) is 12.1 Å². The highest BCUT2D eigenvalue weighted by Crippen LogP contribution is 2.18. The van der Waals surface area contributed by atoms with Crippen LogP contribution in [0.5, 0.6) is 0 Å². The quantitative estimate of drug-likeness (QED) is 0.869. The van der Waals surface area contributed by atoms with Crippen LogP contribution >= 0.6 is 15.9 Å². The molecule has 0 saturated heterocycles. The fraction of sp³-hybridized carbons (Fsp3) is 0.143. The minimum atomic E-state index is -0.381. The number of carbonyl (C=O) groups is 1. The molecule has 0 unspecified atom stereocenters. The first-order valence-corrected chi connectivity index (χ1v) is 6.46. The van der Waals surface area contributed by atoms with Crippen molar-refractivity contribution >= 4 is 21.8 Å². The van der Waals surface area contributed by atoms with Gasteiger partial charge in [-0.1, -0.05) is 0 Å². The number of aromatic nitrogens is 1. The van der Waals surface area contributed by atoms with Gasteiger partial charge in [-0.15, -0.1) is 0 Å². The third-order valence-electron chi connectivity index (χ3n) is 2.68. The van der Waals surface area contributed by atoms with Gasteiger partial charge in [-0.3, -0.25) is 9.78 Å². The largest absolute Gasteiger partial charge is 0.337 e. The molecule has 3 nitrogen and oxygen atoms in total. The van der Waals surface area contributed by atoms with Crippen molar-refractivity contribution in [2.24, 2.45) is 0 Å². The van der Waals surface area contributed by atoms with E-state index in [9.17, 15) is 9.18 Å². The summed E-state index contributed by atoms with van der Waals surface area (Å²) in [6, 6.07) is 7.94. The lowest BCUT2D eigenvalue weighted by Crippen LogP contribution is -2.26. The number of carbonyl (C=O) groups excluding carboxylic acids is 1. The van der Waals surface area contributed by atoms with Crippen LogP contribution in [0.2, 0.25) is 0 Å². The SMILES string of the molecule is CN(Cc1ccncc1)C(=O)c1ccc(F)c(Br)c1. The molecule has 0 fully saturated rings. The van der Waals surface area contributed by atoms with Crippen molar-refractivity contribution in [1.82, 2.24) is 9.88 Å². The summed E-state index contributed by atoms with van der Waals surface area (Å²) in [6.45, 7) is 0.482. The number of rotatable bonds is 3. The Morgan fingerprint density at radius 2 is 2.00 bits per heavy atom. The van der Waals surface area contributed by atoms with Crippen LogP contribution in [-0.4, -0.2) is 22.8 Å². The Kier molecular flexibility index (Phi) is 4.27. The van der Waals surface area contributed by atoms with Crippen LogP contribution in [0.3, 0.4) is 0 Å². The number of nitrogens with zero attached hydrogens (tertiary/aromatic N) is 2. The van der Waals surface area contributed by atoms with Crippen molar-refractivity contribution in [3.8, 4) is 0 Å². The van der Waals surface area contributed by atoms with Crippen LogP contribution in [0.15, 0.2) is 47.2 Å². The molecule has 0 aliphatic rings. The second-order valence-electron chi connectivity index (χ2n) is 4.15. The molecule has 0 aliphatic heterocycles. The van der Waals surface area contributed by atoms with Crippen LogP contribution in [0, 0.1) is 5.82 Å². The van der Waals surface area contributed by atoms with Crippen LogP contribution < -0.4 is 0 Å². The Balaban J connectivity index is 2.12. The number of halogens is 2. The molecule has 0 saturated carbocycles. The smallest absolute Gasteiger partial charge is 0.253 e. The second-order valence-corrected chi connectivity index (χ2v) is 5.00. The molecule has 0 N–H and O–H groups in total. The molecule has 0 radical (unpaired) electrons. The molecule has 0 spiro atoms. The molecule has 1 aromatic heterocycles. The summed E-state index contributed by atoms with van der Waals surface area (Å²) in [4.78, 5) is 17.7. The normalized spacial score (nSPS) is 10.3. The van der Waals surface area contributed by atoms with Gasteiger partial charge in [0.25, 0.3) is 5.91 Å². The summed E-state index contributed by atoms with van der Waals surface area (Å²) >= 11 is 3.08. The van der Waals surface area contributed by atoms with Crippen LogP contribution in [0.25, 0.3) is 0 Å². The number of pyridine rings is 1. The van der Waals surface area contributed by atoms with Crippen molar-refractivity contribution in [2.45, 2.75) is 6.54 Å². The van der Waals surface area contributed by atoms with E-state index >= 15 is 0 Å². The molecule has 98 valence electrons. The topological polar surface area (TPSA) is 33.2 Å². The highest BCUT2D eigenvalue weighted by molar-refractivity contribution is 9.10. The average molecular weight is 323 g/mol. The maximum absolute atomic E-state index is 13.1. The van der Waals surface area contributed by atoms with Crippen LogP contribution in [-0.2, 0) is 6.54 Å². The van der Waals surface area contributed by atoms with Gasteiger partial charge in [0.1, 0.15) is 5.82 Å². The van der Waals surface area contributed by atoms with Crippen molar-refractivity contribution in [2.75, 3.05) is 7.05 Å². The van der Waals surface area contributed by atoms with E-state index in [1.165, 1.54) is 18.2 Å². The molecule has 1 heterocycles. The van der Waals surface area contributed by atoms with Gasteiger partial charge in [0.15, 0.2) is 0 Å². The highest BCUT2D eigenvalue weighted by atomic mass is 79.9. The van der Waals surface area contributed by atoms with E-state index < -0.39 is 0 Å². The standard InChI is InChI=1S/C14H12BrFN2O/c1-18(9-10-4-6-17-7-5-10)14(19)11-2-3-13(16)12(15)8-11/h2-8H,9H2,1H3. The first kappa shape index (κ1) is 13.7. The zero-order valence-corrected chi connectivity index (χ0v) is 11.9. The molecular formula is C14H12BrFN2O. The van der Waals surface area contributed by atoms with Gasteiger partial charge < -0.3 is 4.90 Å². The maximum atomic E-state index is 13.1. The highest BCUT2D eigenvalue weighted by Gasteiger charge is 2.13. The average Bonchev–Trinajstić information content (AvgIpc) is 2.42. The predicted molar refractivity (Wildman–Crippen MR) is 74.1 cm³/mol. The Bertz CT molecular complexity index is 589. The molecule has 1 aromatic carbocycles. The molecule has 0 aliphatic carbocycles. The molecule has 1 amide bonds. The Morgan fingerprint density at radius 3 is 2.63 bits per heavy atom. The summed E-state index contributed by atoms with van der Waals surface area (Å²) in [5.74, 6) is -0.536. The monoisotopic (exact) mass is 322 g/mol. The Labute approximate surface area is 119 Å². The van der Waals surface area contributed by atoms with Gasteiger partial charge in [-0.25, -0.2) is 4.39 Å². The summed E-state index contributed by atoms with van der Waals surface area (Å²) in [6.07, 6.45) is 3.37. The van der Waals surface area contributed by atoms with E-state index in [4.69, 9.17) is 0 Å². The molecule has 2 aromatic rings. The van der Waals surface area contributed by atoms with Crippen LogP contribution in [0.1, 0.15) is 15.9 Å². The first-order valence-electron chi connectivity index (χ1n) is 5.67. The minimum absolute atomic E-state index is 0.155. The molecular weight excluding hydrogens is 311 g/mol. The zero-order chi connectivity index (χ0) is 13.8. The lowest BCUT2D eigenvalue weighted by atomic mass is 10.2. The number of hydrogen-bond acceptors (Lipinski definition) is 2. The summed E-state index contributed by atoms with van der Waals surface area (Å²) in [5.41, 5.74) is 1.44. The maximum Gasteiger partial charge on any atom is 0.253 e. The number of hydrogen-bond donors (Lipinski definition) is 0. The lowest BCUT2D eigenvalue weighted by Gasteiger charge is -2.17. The van der Waals surface area contributed by atoms with E-state index in [1.54, 1.807) is 24.3 Å². The van der Waals surface area contributed by atoms with Crippen molar-refractivity contribution in [3.63, 3.8) is 0 Å². The number of amides is 1. The van der Waals surface area contributed by atoms with Gasteiger partial charge in [0, 0.05) is 31.5 Å². The summed E-state index contributed by atoms with van der Waals surface area (Å²) < 4.78 is 13.4. The Morgan fingerprint density at radius 1 is 1.32 bits per heavy atom. The summed E-state index contributed by atoms with van der Waals surface area (Å²) in [5, 5.41) is 0. The van der Waals surface area contributed by atoms with E-state index in [0.717, 1.165) is 5.56 Å². The van der Waals surface area contributed by atoms with Crippen molar-refractivity contribution < 1.29 is 9.18 Å². The van der Waals surface area contributed by atoms with Crippen molar-refractivity contribution in [3.05, 3.63) is 64.1 Å². The molecule has 0 bridgehead atoms. The van der Waals surface area contributed by atoms with Gasteiger partial charge in [-0.2, -0.15) is 0 Å². The van der Waals surface area contributed by atoms with E-state index in [1.807, 2.05) is 12.1 Å². The Hall–Kier alpha value is -1.75. The van der Waals surface area contributed by atoms with E-state index in [2.05, 4.69) is 20.9 Å². The minimum Gasteiger partial charge on any atom is -0.337 e. The fourth-order valence-electron chi connectivity index (χ4n) is 1.68. The fourth-order valence-corrected chi connectivity index (χ4v) is 2.06. The molecule has 0 atom stereocenters. The summed E-state index contributed by atoms with van der Waals surface area (Å²) in [7, 11) is 1.71. The van der Waals surface area contributed by atoms with Crippen molar-refractivity contribution in [1.29, 1.82) is 0 Å². The molecule has 5 heteroatoms. The second kappa shape index (κ2) is 5.93. The number of benzene rings is 1. The first-order chi connectivity index (χ1) is 9.08. The third-order valence-corrected chi connectivity index (χ3v) is 3.29. The van der Waals surface area contributed by atoms with Gasteiger partial charge >= 0.3 is 0 Å². The lowest BCUT2D eigenvalue weighted by molar-refractivity contribution is 0.0785. The van der Waals surface area contributed by atoms with Gasteiger partial charge in [0.05, 0.1) is 4.47 Å². The van der Waals surface area contributed by atoms with Gasteiger partial charge in [0.2, 0.25) is 0 Å². The zero-order valence-electron chi connectivity index (χ0n) is 10.3.